The lowest BCUT2D eigenvalue weighted by Gasteiger charge is -2.18. The van der Waals surface area contributed by atoms with Crippen molar-refractivity contribution in [2.45, 2.75) is 24.3 Å². The van der Waals surface area contributed by atoms with E-state index in [0.29, 0.717) is 22.6 Å². The average Bonchev–Trinajstić information content (AvgIpc) is 2.88. The number of benzene rings is 3. The van der Waals surface area contributed by atoms with E-state index < -0.39 is 22.0 Å². The first-order valence-electron chi connectivity index (χ1n) is 11.0. The van der Waals surface area contributed by atoms with E-state index in [1.807, 2.05) is 19.1 Å². The Balaban J connectivity index is 1.70. The summed E-state index contributed by atoms with van der Waals surface area (Å²) in [4.78, 5) is 12.8. The van der Waals surface area contributed by atoms with Crippen molar-refractivity contribution >= 4 is 22.1 Å². The van der Waals surface area contributed by atoms with Gasteiger partial charge in [-0.25, -0.2) is 18.6 Å². The lowest BCUT2D eigenvalue weighted by atomic mass is 10.0. The summed E-state index contributed by atoms with van der Waals surface area (Å²) in [6.07, 6.45) is 1.25. The van der Waals surface area contributed by atoms with Crippen LogP contribution in [-0.2, 0) is 14.8 Å². The van der Waals surface area contributed by atoms with Crippen LogP contribution in [0.4, 0.5) is 0 Å². The third-order valence-electron chi connectivity index (χ3n) is 5.10. The van der Waals surface area contributed by atoms with Crippen molar-refractivity contribution in [2.24, 2.45) is 5.10 Å². The van der Waals surface area contributed by atoms with Crippen LogP contribution < -0.4 is 19.6 Å². The summed E-state index contributed by atoms with van der Waals surface area (Å²) >= 11 is 0. The first kappa shape index (κ1) is 26.4. The molecule has 1 amide bonds. The molecule has 0 unspecified atom stereocenters. The summed E-state index contributed by atoms with van der Waals surface area (Å²) in [5, 5.41) is 12.6. The van der Waals surface area contributed by atoms with Crippen molar-refractivity contribution in [1.29, 1.82) is 5.26 Å². The van der Waals surface area contributed by atoms with Gasteiger partial charge < -0.3 is 9.47 Å². The van der Waals surface area contributed by atoms with Gasteiger partial charge in [-0.3, -0.25) is 4.79 Å². The molecule has 3 rings (SSSR count). The lowest BCUT2D eigenvalue weighted by molar-refractivity contribution is -0.121. The molecular formula is C26H26N4O5S. The monoisotopic (exact) mass is 506 g/mol. The zero-order chi connectivity index (χ0) is 26.0. The smallest absolute Gasteiger partial charge is 0.242 e. The molecule has 3 aromatic carbocycles. The molecule has 36 heavy (non-hydrogen) atoms. The Labute approximate surface area is 210 Å². The Morgan fingerprint density at radius 1 is 1.08 bits per heavy atom. The maximum atomic E-state index is 12.9. The van der Waals surface area contributed by atoms with E-state index in [1.165, 1.54) is 25.5 Å². The molecule has 0 bridgehead atoms. The fourth-order valence-corrected chi connectivity index (χ4v) is 4.51. The largest absolute Gasteiger partial charge is 0.493 e. The summed E-state index contributed by atoms with van der Waals surface area (Å²) < 4.78 is 39.1. The lowest BCUT2D eigenvalue weighted by Crippen LogP contribution is -2.32. The standard InChI is InChI=1S/C26H26N4O5S/c1-19-8-11-22(12-9-19)36(32,33)30-23(21-6-4-3-5-7-21)17-26(31)29-28-18-20-10-13-24(35-15-14-27)25(16-20)34-2/h3-13,16,18,23,30H,15,17H2,1-2H3,(H,29,31)/b28-18-/t23-/m0/s1. The fourth-order valence-electron chi connectivity index (χ4n) is 3.29. The van der Waals surface area contributed by atoms with Gasteiger partial charge in [-0.05, 0) is 48.4 Å². The Kier molecular flexibility index (Phi) is 9.16. The molecule has 1 atom stereocenters. The van der Waals surface area contributed by atoms with Crippen molar-refractivity contribution < 1.29 is 22.7 Å². The second-order valence-corrected chi connectivity index (χ2v) is 9.47. The zero-order valence-electron chi connectivity index (χ0n) is 19.8. The minimum atomic E-state index is -3.87. The van der Waals surface area contributed by atoms with E-state index in [2.05, 4.69) is 15.2 Å². The number of nitriles is 1. The minimum Gasteiger partial charge on any atom is -0.493 e. The number of sulfonamides is 1. The average molecular weight is 507 g/mol. The van der Waals surface area contributed by atoms with Crippen LogP contribution in [0.3, 0.4) is 0 Å². The highest BCUT2D eigenvalue weighted by molar-refractivity contribution is 7.89. The van der Waals surface area contributed by atoms with E-state index in [1.54, 1.807) is 54.6 Å². The topological polar surface area (TPSA) is 130 Å². The molecule has 3 aromatic rings. The summed E-state index contributed by atoms with van der Waals surface area (Å²) in [5.41, 5.74) is 4.63. The molecule has 0 aliphatic heterocycles. The SMILES string of the molecule is COc1cc(/C=N\NC(=O)C[C@H](NS(=O)(=O)c2ccc(C)cc2)c2ccccc2)ccc1OCC#N. The summed E-state index contributed by atoms with van der Waals surface area (Å²) in [5.74, 6) is 0.342. The number of rotatable bonds is 11. The van der Waals surface area contributed by atoms with E-state index in [-0.39, 0.29) is 17.9 Å². The van der Waals surface area contributed by atoms with Crippen LogP contribution in [0.5, 0.6) is 11.5 Å². The molecule has 0 saturated heterocycles. The molecule has 0 aliphatic carbocycles. The third-order valence-corrected chi connectivity index (χ3v) is 6.59. The Hall–Kier alpha value is -4.20. The number of hydrogen-bond acceptors (Lipinski definition) is 7. The van der Waals surface area contributed by atoms with Gasteiger partial charge in [0.2, 0.25) is 15.9 Å². The molecule has 0 radical (unpaired) electrons. The molecular weight excluding hydrogens is 480 g/mol. The normalized spacial score (nSPS) is 12.0. The van der Waals surface area contributed by atoms with Crippen LogP contribution in [0.25, 0.3) is 0 Å². The summed E-state index contributed by atoms with van der Waals surface area (Å²) in [7, 11) is -2.40. The first-order chi connectivity index (χ1) is 17.3. The minimum absolute atomic E-state index is 0.114. The fraction of sp³-hybridized carbons (Fsp3) is 0.192. The van der Waals surface area contributed by atoms with E-state index in [9.17, 15) is 13.2 Å². The number of carbonyl (C=O) groups excluding carboxylic acids is 1. The van der Waals surface area contributed by atoms with Crippen molar-refractivity contribution in [3.63, 3.8) is 0 Å². The number of hydrazone groups is 1. The second-order valence-electron chi connectivity index (χ2n) is 7.75. The highest BCUT2D eigenvalue weighted by Crippen LogP contribution is 2.27. The van der Waals surface area contributed by atoms with E-state index >= 15 is 0 Å². The Morgan fingerprint density at radius 2 is 1.81 bits per heavy atom. The molecule has 2 N–H and O–H groups in total. The van der Waals surface area contributed by atoms with Gasteiger partial charge in [0.1, 0.15) is 6.07 Å². The maximum absolute atomic E-state index is 12.9. The molecule has 9 nitrogen and oxygen atoms in total. The highest BCUT2D eigenvalue weighted by atomic mass is 32.2. The Morgan fingerprint density at radius 3 is 2.47 bits per heavy atom. The van der Waals surface area contributed by atoms with E-state index in [0.717, 1.165) is 5.56 Å². The van der Waals surface area contributed by atoms with Gasteiger partial charge >= 0.3 is 0 Å². The van der Waals surface area contributed by atoms with E-state index in [4.69, 9.17) is 14.7 Å². The molecule has 0 saturated carbocycles. The number of methoxy groups -OCH3 is 1. The van der Waals surface area contributed by atoms with Crippen molar-refractivity contribution in [2.75, 3.05) is 13.7 Å². The molecule has 186 valence electrons. The van der Waals surface area contributed by atoms with Crippen LogP contribution in [0.15, 0.2) is 82.8 Å². The molecule has 0 aromatic heterocycles. The van der Waals surface area contributed by atoms with Gasteiger partial charge in [0, 0.05) is 6.42 Å². The summed E-state index contributed by atoms with van der Waals surface area (Å²) in [6.45, 7) is 1.75. The van der Waals surface area contributed by atoms with Gasteiger partial charge in [0.15, 0.2) is 18.1 Å². The molecule has 0 aliphatic rings. The van der Waals surface area contributed by atoms with Crippen molar-refractivity contribution in [3.05, 3.63) is 89.5 Å². The van der Waals surface area contributed by atoms with Gasteiger partial charge in [-0.15, -0.1) is 0 Å². The van der Waals surface area contributed by atoms with Crippen LogP contribution in [0, 0.1) is 18.3 Å². The number of ether oxygens (including phenoxy) is 2. The predicted octanol–water partition coefficient (Wildman–Crippen LogP) is 3.47. The van der Waals surface area contributed by atoms with Gasteiger partial charge in [0.25, 0.3) is 0 Å². The van der Waals surface area contributed by atoms with Gasteiger partial charge in [-0.2, -0.15) is 10.4 Å². The molecule has 10 heteroatoms. The van der Waals surface area contributed by atoms with Crippen LogP contribution in [0.1, 0.15) is 29.2 Å². The molecule has 0 heterocycles. The second kappa shape index (κ2) is 12.5. The van der Waals surface area contributed by atoms with Crippen LogP contribution >= 0.6 is 0 Å². The quantitative estimate of drug-likeness (QED) is 0.303. The highest BCUT2D eigenvalue weighted by Gasteiger charge is 2.23. The zero-order valence-corrected chi connectivity index (χ0v) is 20.7. The number of carbonyl (C=O) groups is 1. The first-order valence-corrected chi connectivity index (χ1v) is 12.4. The summed E-state index contributed by atoms with van der Waals surface area (Å²) in [6, 6.07) is 21.4. The van der Waals surface area contributed by atoms with Gasteiger partial charge in [-0.1, -0.05) is 48.0 Å². The third kappa shape index (κ3) is 7.40. The van der Waals surface area contributed by atoms with Crippen molar-refractivity contribution in [1.82, 2.24) is 10.1 Å². The van der Waals surface area contributed by atoms with Crippen LogP contribution in [-0.4, -0.2) is 34.3 Å². The predicted molar refractivity (Wildman–Crippen MR) is 135 cm³/mol. The van der Waals surface area contributed by atoms with Crippen LogP contribution in [0.2, 0.25) is 0 Å². The number of hydrogen-bond donors (Lipinski definition) is 2. The number of nitrogens with zero attached hydrogens (tertiary/aromatic N) is 2. The van der Waals surface area contributed by atoms with Crippen molar-refractivity contribution in [3.8, 4) is 17.6 Å². The number of aryl methyl sites for hydroxylation is 1. The number of nitrogens with one attached hydrogen (secondary N) is 2. The Bertz CT molecular complexity index is 1350. The van der Waals surface area contributed by atoms with Gasteiger partial charge in [0.05, 0.1) is 24.3 Å². The molecule has 0 spiro atoms. The maximum Gasteiger partial charge on any atom is 0.242 e. The molecule has 0 fully saturated rings. The number of amides is 1.